The molecule has 31 heavy (non-hydrogen) atoms. The van der Waals surface area contributed by atoms with Gasteiger partial charge in [-0.25, -0.2) is 15.2 Å². The van der Waals surface area contributed by atoms with Crippen molar-refractivity contribution in [1.29, 1.82) is 0 Å². The van der Waals surface area contributed by atoms with Crippen LogP contribution in [0.3, 0.4) is 0 Å². The lowest BCUT2D eigenvalue weighted by atomic mass is 10.0. The Labute approximate surface area is 183 Å². The highest BCUT2D eigenvalue weighted by Crippen LogP contribution is 2.27. The number of benzene rings is 2. The Balaban J connectivity index is 2.15. The number of halogens is 2. The fraction of sp³-hybridized carbons (Fsp3) is 0.111. The van der Waals surface area contributed by atoms with E-state index < -0.39 is 22.7 Å². The van der Waals surface area contributed by atoms with Crippen LogP contribution >= 0.6 is 23.2 Å². The van der Waals surface area contributed by atoms with Gasteiger partial charge in [0.15, 0.2) is 5.69 Å². The van der Waals surface area contributed by atoms with Crippen LogP contribution < -0.4 is 11.0 Å². The van der Waals surface area contributed by atoms with Gasteiger partial charge in [0.1, 0.15) is 11.8 Å². The molecule has 2 aromatic carbocycles. The third kappa shape index (κ3) is 4.79. The number of hydrogen-bond donors (Lipinski definition) is 3. The van der Waals surface area contributed by atoms with E-state index in [1.807, 2.05) is 5.43 Å². The molecule has 11 nitrogen and oxygen atoms in total. The molecule has 1 atom stereocenters. The molecule has 0 aliphatic carbocycles. The second kappa shape index (κ2) is 9.08. The monoisotopic (exact) mass is 465 g/mol. The third-order valence-corrected chi connectivity index (χ3v) is 4.84. The molecular weight excluding hydrogens is 453 g/mol. The number of ether oxygens (including phenoxy) is 1. The summed E-state index contributed by atoms with van der Waals surface area (Å²) in [6, 6.07) is 7.92. The van der Waals surface area contributed by atoms with Gasteiger partial charge in [-0.2, -0.15) is 5.10 Å². The average molecular weight is 466 g/mol. The van der Waals surface area contributed by atoms with Crippen LogP contribution in [0.5, 0.6) is 0 Å². The number of amides is 1. The summed E-state index contributed by atoms with van der Waals surface area (Å²) in [4.78, 5) is 41.1. The number of nitro benzene ring substituents is 1. The van der Waals surface area contributed by atoms with Crippen LogP contribution in [0.15, 0.2) is 46.3 Å². The van der Waals surface area contributed by atoms with Crippen molar-refractivity contribution in [2.24, 2.45) is 5.10 Å². The lowest BCUT2D eigenvalue weighted by Crippen LogP contribution is -2.29. The molecule has 13 heteroatoms. The summed E-state index contributed by atoms with van der Waals surface area (Å²) in [5, 5.41) is 26.0. The summed E-state index contributed by atoms with van der Waals surface area (Å²) in [5.41, 5.74) is 0.823. The molecule has 0 aliphatic rings. The lowest BCUT2D eigenvalue weighted by Gasteiger charge is -2.14. The molecule has 0 radical (unpaired) electrons. The first-order valence-electron chi connectivity index (χ1n) is 8.44. The number of nitrogens with one attached hydrogen (secondary N) is 2. The van der Waals surface area contributed by atoms with E-state index in [-0.39, 0.29) is 43.7 Å². The molecule has 160 valence electrons. The SMILES string of the molecule is COC(=O)N/N=C(\c1nc2ccc([N+](=O)[O-])cc2[nH]c1=O)C(O)c1ccc(Cl)c(Cl)c1. The maximum Gasteiger partial charge on any atom is 0.427 e. The van der Waals surface area contributed by atoms with Gasteiger partial charge >= 0.3 is 6.09 Å². The van der Waals surface area contributed by atoms with Crippen LogP contribution in [0, 0.1) is 10.1 Å². The minimum atomic E-state index is -1.55. The van der Waals surface area contributed by atoms with E-state index in [0.29, 0.717) is 0 Å². The van der Waals surface area contributed by atoms with E-state index in [1.54, 1.807) is 0 Å². The van der Waals surface area contributed by atoms with Gasteiger partial charge in [0.05, 0.1) is 33.1 Å². The number of aliphatic hydroxyl groups is 1. The van der Waals surface area contributed by atoms with Crippen molar-refractivity contribution < 1.29 is 19.6 Å². The first-order chi connectivity index (χ1) is 14.7. The van der Waals surface area contributed by atoms with Crippen LogP contribution in [0.25, 0.3) is 11.0 Å². The van der Waals surface area contributed by atoms with Gasteiger partial charge in [-0.15, -0.1) is 0 Å². The number of fused-ring (bicyclic) bond motifs is 1. The predicted molar refractivity (Wildman–Crippen MR) is 113 cm³/mol. The highest BCUT2D eigenvalue weighted by Gasteiger charge is 2.24. The molecule has 0 aliphatic heterocycles. The number of carbonyl (C=O) groups is 1. The average Bonchev–Trinajstić information content (AvgIpc) is 2.75. The zero-order valence-corrected chi connectivity index (χ0v) is 17.1. The number of hydrogen-bond acceptors (Lipinski definition) is 8. The topological polar surface area (TPSA) is 160 Å². The van der Waals surface area contributed by atoms with Gasteiger partial charge in [0, 0.05) is 12.1 Å². The third-order valence-electron chi connectivity index (χ3n) is 4.10. The number of aromatic amines is 1. The van der Waals surface area contributed by atoms with Crippen LogP contribution in [0.4, 0.5) is 10.5 Å². The number of methoxy groups -OCH3 is 1. The molecule has 0 saturated carbocycles. The second-order valence-electron chi connectivity index (χ2n) is 6.05. The normalized spacial score (nSPS) is 12.5. The Kier molecular flexibility index (Phi) is 6.49. The molecule has 0 saturated heterocycles. The summed E-state index contributed by atoms with van der Waals surface area (Å²) in [7, 11) is 1.11. The largest absolute Gasteiger partial charge is 0.452 e. The first kappa shape index (κ1) is 22.2. The van der Waals surface area contributed by atoms with Gasteiger partial charge in [-0.05, 0) is 23.8 Å². The maximum atomic E-state index is 12.7. The highest BCUT2D eigenvalue weighted by atomic mass is 35.5. The molecule has 0 fully saturated rings. The Morgan fingerprint density at radius 3 is 2.68 bits per heavy atom. The number of hydrazone groups is 1. The number of rotatable bonds is 5. The Bertz CT molecular complexity index is 1280. The van der Waals surface area contributed by atoms with E-state index in [1.165, 1.54) is 30.3 Å². The van der Waals surface area contributed by atoms with Gasteiger partial charge in [0.25, 0.3) is 11.2 Å². The van der Waals surface area contributed by atoms with Crippen molar-refractivity contribution in [1.82, 2.24) is 15.4 Å². The zero-order chi connectivity index (χ0) is 22.7. The van der Waals surface area contributed by atoms with Crippen LogP contribution in [0.2, 0.25) is 10.0 Å². The number of aromatic nitrogens is 2. The molecule has 3 rings (SSSR count). The van der Waals surface area contributed by atoms with Gasteiger partial charge in [-0.3, -0.25) is 14.9 Å². The van der Waals surface area contributed by atoms with E-state index >= 15 is 0 Å². The highest BCUT2D eigenvalue weighted by molar-refractivity contribution is 6.42. The van der Waals surface area contributed by atoms with Crippen molar-refractivity contribution in [2.75, 3.05) is 7.11 Å². The van der Waals surface area contributed by atoms with Gasteiger partial charge < -0.3 is 14.8 Å². The summed E-state index contributed by atoms with van der Waals surface area (Å²) >= 11 is 11.9. The first-order valence-corrected chi connectivity index (χ1v) is 9.20. The number of carbonyl (C=O) groups excluding carboxylic acids is 1. The van der Waals surface area contributed by atoms with Crippen LogP contribution in [-0.4, -0.2) is 38.9 Å². The number of nitro groups is 1. The quantitative estimate of drug-likeness (QED) is 0.296. The van der Waals surface area contributed by atoms with Crippen molar-refractivity contribution >= 4 is 51.7 Å². The molecule has 1 amide bonds. The molecule has 3 N–H and O–H groups in total. The Morgan fingerprint density at radius 2 is 2.03 bits per heavy atom. The summed E-state index contributed by atoms with van der Waals surface area (Å²) in [6.07, 6.45) is -2.50. The standard InChI is InChI=1S/C18H13Cl2N5O6/c1-31-18(28)24-23-14(16(26)8-2-4-10(19)11(20)6-8)15-17(27)22-13-7-9(25(29)30)3-5-12(13)21-15/h2-7,16,26H,1H3,(H,22,27)(H,24,28)/b23-14+. The van der Waals surface area contributed by atoms with Crippen molar-refractivity contribution in [3.05, 3.63) is 78.2 Å². The summed E-state index contributed by atoms with van der Waals surface area (Å²) < 4.78 is 4.45. The predicted octanol–water partition coefficient (Wildman–Crippen LogP) is 2.93. The lowest BCUT2D eigenvalue weighted by molar-refractivity contribution is -0.384. The fourth-order valence-corrected chi connectivity index (χ4v) is 2.90. The number of H-pyrrole nitrogens is 1. The van der Waals surface area contributed by atoms with Crippen molar-refractivity contribution in [3.8, 4) is 0 Å². The van der Waals surface area contributed by atoms with Gasteiger partial charge in [-0.1, -0.05) is 29.3 Å². The van der Waals surface area contributed by atoms with E-state index in [9.17, 15) is 24.8 Å². The molecular formula is C18H13Cl2N5O6. The minimum absolute atomic E-state index is 0.104. The number of non-ortho nitro benzene ring substituents is 1. The molecule has 1 unspecified atom stereocenters. The maximum absolute atomic E-state index is 12.7. The van der Waals surface area contributed by atoms with E-state index in [0.717, 1.165) is 13.2 Å². The van der Waals surface area contributed by atoms with Crippen molar-refractivity contribution in [2.45, 2.75) is 6.10 Å². The van der Waals surface area contributed by atoms with Crippen molar-refractivity contribution in [3.63, 3.8) is 0 Å². The summed E-state index contributed by atoms with van der Waals surface area (Å²) in [5.74, 6) is 0. The Hall–Kier alpha value is -3.54. The smallest absolute Gasteiger partial charge is 0.427 e. The number of aliphatic hydroxyl groups excluding tert-OH is 1. The zero-order valence-electron chi connectivity index (χ0n) is 15.6. The Morgan fingerprint density at radius 1 is 1.29 bits per heavy atom. The minimum Gasteiger partial charge on any atom is -0.452 e. The molecule has 0 spiro atoms. The van der Waals surface area contributed by atoms with E-state index in [4.69, 9.17) is 23.2 Å². The second-order valence-corrected chi connectivity index (χ2v) is 6.86. The fourth-order valence-electron chi connectivity index (χ4n) is 2.60. The van der Waals surface area contributed by atoms with Crippen LogP contribution in [0.1, 0.15) is 17.4 Å². The van der Waals surface area contributed by atoms with Gasteiger partial charge in [0.2, 0.25) is 0 Å². The van der Waals surface area contributed by atoms with Crippen LogP contribution in [-0.2, 0) is 4.74 Å². The molecule has 0 bridgehead atoms. The summed E-state index contributed by atoms with van der Waals surface area (Å²) in [6.45, 7) is 0. The molecule has 3 aromatic rings. The molecule has 1 heterocycles. The number of nitrogens with zero attached hydrogens (tertiary/aromatic N) is 3. The molecule has 1 aromatic heterocycles. The van der Waals surface area contributed by atoms with E-state index in [2.05, 4.69) is 19.8 Å².